The first-order chi connectivity index (χ1) is 14.4. The summed E-state index contributed by atoms with van der Waals surface area (Å²) in [5, 5.41) is 9.48. The van der Waals surface area contributed by atoms with E-state index in [2.05, 4.69) is 20.9 Å². The Morgan fingerprint density at radius 2 is 1.83 bits per heavy atom. The van der Waals surface area contributed by atoms with Gasteiger partial charge in [0.05, 0.1) is 13.7 Å². The Labute approximate surface area is 178 Å². The van der Waals surface area contributed by atoms with Gasteiger partial charge in [0.25, 0.3) is 0 Å². The summed E-state index contributed by atoms with van der Waals surface area (Å²) in [5.41, 5.74) is 2.66. The predicted octanol–water partition coefficient (Wildman–Crippen LogP) is 4.27. The number of carbonyl (C=O) groups is 1. The van der Waals surface area contributed by atoms with E-state index in [0.29, 0.717) is 42.9 Å². The van der Waals surface area contributed by atoms with Crippen molar-refractivity contribution in [2.75, 3.05) is 31.4 Å². The third kappa shape index (κ3) is 7.31. The Kier molecular flexibility index (Phi) is 9.00. The van der Waals surface area contributed by atoms with E-state index < -0.39 is 0 Å². The number of amides is 1. The first-order valence-electron chi connectivity index (χ1n) is 10.1. The first kappa shape index (κ1) is 23.1. The molecule has 30 heavy (non-hydrogen) atoms. The van der Waals surface area contributed by atoms with Crippen molar-refractivity contribution in [3.8, 4) is 11.5 Å². The van der Waals surface area contributed by atoms with E-state index in [1.807, 2.05) is 63.2 Å². The third-order valence-corrected chi connectivity index (χ3v) is 4.21. The monoisotopic (exact) mass is 412 g/mol. The summed E-state index contributed by atoms with van der Waals surface area (Å²) in [6.07, 6.45) is 0.505. The van der Waals surface area contributed by atoms with Crippen LogP contribution in [0, 0.1) is 5.92 Å². The van der Waals surface area contributed by atoms with Gasteiger partial charge in [-0.05, 0) is 42.7 Å². The smallest absolute Gasteiger partial charge is 0.224 e. The molecule has 0 aliphatic heterocycles. The highest BCUT2D eigenvalue weighted by molar-refractivity contribution is 5.94. The number of anilines is 2. The molecule has 7 heteroatoms. The van der Waals surface area contributed by atoms with E-state index in [0.717, 1.165) is 16.9 Å². The minimum Gasteiger partial charge on any atom is -0.493 e. The summed E-state index contributed by atoms with van der Waals surface area (Å²) in [5.74, 6) is 2.33. The van der Waals surface area contributed by atoms with E-state index in [4.69, 9.17) is 9.47 Å². The molecule has 0 saturated heterocycles. The molecule has 1 amide bonds. The van der Waals surface area contributed by atoms with Crippen LogP contribution >= 0.6 is 0 Å². The number of nitrogens with zero attached hydrogens (tertiary/aromatic N) is 1. The fraction of sp³-hybridized carbons (Fsp3) is 0.391. The maximum absolute atomic E-state index is 12.0. The molecule has 0 radical (unpaired) electrons. The summed E-state index contributed by atoms with van der Waals surface area (Å²) >= 11 is 0. The van der Waals surface area contributed by atoms with E-state index >= 15 is 0 Å². The van der Waals surface area contributed by atoms with E-state index in [9.17, 15) is 4.79 Å². The van der Waals surface area contributed by atoms with Gasteiger partial charge in [0.1, 0.15) is 0 Å². The molecule has 0 heterocycles. The van der Waals surface area contributed by atoms with Gasteiger partial charge in [-0.25, -0.2) is 0 Å². The number of carbonyl (C=O) groups excluding carboxylic acids is 1. The van der Waals surface area contributed by atoms with E-state index in [1.54, 1.807) is 14.2 Å². The molecular formula is C23H32N4O3. The summed E-state index contributed by atoms with van der Waals surface area (Å²) in [6, 6.07) is 13.4. The van der Waals surface area contributed by atoms with Crippen molar-refractivity contribution in [2.45, 2.75) is 33.7 Å². The second kappa shape index (κ2) is 11.7. The van der Waals surface area contributed by atoms with Crippen LogP contribution in [0.1, 0.15) is 32.8 Å². The SMILES string of the molecule is CCOc1cc(NC(=NC)NCc2cccc(NC(=O)CC(C)C)c2)ccc1OC. The van der Waals surface area contributed by atoms with Gasteiger partial charge in [0.15, 0.2) is 17.5 Å². The molecule has 2 aromatic carbocycles. The molecule has 0 saturated carbocycles. The molecule has 0 spiro atoms. The quantitative estimate of drug-likeness (QED) is 0.423. The van der Waals surface area contributed by atoms with Crippen LogP contribution in [0.25, 0.3) is 0 Å². The summed E-state index contributed by atoms with van der Waals surface area (Å²) in [4.78, 5) is 16.3. The molecule has 0 bridgehead atoms. The number of hydrogen-bond donors (Lipinski definition) is 3. The second-order valence-corrected chi connectivity index (χ2v) is 7.20. The summed E-state index contributed by atoms with van der Waals surface area (Å²) in [7, 11) is 3.33. The molecule has 3 N–H and O–H groups in total. The molecule has 0 fully saturated rings. The van der Waals surface area contributed by atoms with Crippen LogP contribution in [0.2, 0.25) is 0 Å². The topological polar surface area (TPSA) is 84.0 Å². The van der Waals surface area contributed by atoms with Crippen molar-refractivity contribution >= 4 is 23.2 Å². The second-order valence-electron chi connectivity index (χ2n) is 7.20. The van der Waals surface area contributed by atoms with Crippen LogP contribution in [0.4, 0.5) is 11.4 Å². The summed E-state index contributed by atoms with van der Waals surface area (Å²) in [6.45, 7) is 7.09. The van der Waals surface area contributed by atoms with Crippen LogP contribution < -0.4 is 25.4 Å². The average Bonchev–Trinajstić information content (AvgIpc) is 2.71. The number of guanidine groups is 1. The lowest BCUT2D eigenvalue weighted by Gasteiger charge is -2.15. The molecule has 0 aromatic heterocycles. The Hall–Kier alpha value is -3.22. The van der Waals surface area contributed by atoms with Gasteiger partial charge >= 0.3 is 0 Å². The molecule has 0 atom stereocenters. The number of ether oxygens (including phenoxy) is 2. The lowest BCUT2D eigenvalue weighted by Crippen LogP contribution is -2.30. The highest BCUT2D eigenvalue weighted by atomic mass is 16.5. The van der Waals surface area contributed by atoms with Crippen LogP contribution in [0.5, 0.6) is 11.5 Å². The molecule has 0 aliphatic rings. The van der Waals surface area contributed by atoms with E-state index in [-0.39, 0.29) is 5.91 Å². The largest absolute Gasteiger partial charge is 0.493 e. The van der Waals surface area contributed by atoms with Crippen molar-refractivity contribution in [1.82, 2.24) is 5.32 Å². The number of nitrogens with one attached hydrogen (secondary N) is 3. The molecule has 2 aromatic rings. The zero-order valence-electron chi connectivity index (χ0n) is 18.4. The van der Waals surface area contributed by atoms with Crippen molar-refractivity contribution in [1.29, 1.82) is 0 Å². The van der Waals surface area contributed by atoms with Crippen LogP contribution in [0.3, 0.4) is 0 Å². The van der Waals surface area contributed by atoms with E-state index in [1.165, 1.54) is 0 Å². The first-order valence-corrected chi connectivity index (χ1v) is 10.1. The van der Waals surface area contributed by atoms with Gasteiger partial charge in [0, 0.05) is 37.5 Å². The Morgan fingerprint density at radius 3 is 2.50 bits per heavy atom. The van der Waals surface area contributed by atoms with Crippen molar-refractivity contribution in [3.05, 3.63) is 48.0 Å². The Morgan fingerprint density at radius 1 is 1.07 bits per heavy atom. The van der Waals surface area contributed by atoms with Crippen LogP contribution in [-0.2, 0) is 11.3 Å². The normalized spacial score (nSPS) is 11.2. The number of rotatable bonds is 9. The number of methoxy groups -OCH3 is 1. The Balaban J connectivity index is 1.98. The highest BCUT2D eigenvalue weighted by Gasteiger charge is 2.08. The van der Waals surface area contributed by atoms with Gasteiger partial charge in [0.2, 0.25) is 5.91 Å². The summed E-state index contributed by atoms with van der Waals surface area (Å²) < 4.78 is 10.9. The molecule has 7 nitrogen and oxygen atoms in total. The number of hydrogen-bond acceptors (Lipinski definition) is 4. The minimum atomic E-state index is 0.0252. The molecular weight excluding hydrogens is 380 g/mol. The fourth-order valence-corrected chi connectivity index (χ4v) is 2.87. The van der Waals surface area contributed by atoms with Gasteiger partial charge in [-0.2, -0.15) is 0 Å². The highest BCUT2D eigenvalue weighted by Crippen LogP contribution is 2.30. The lowest BCUT2D eigenvalue weighted by atomic mass is 10.1. The van der Waals surface area contributed by atoms with Crippen molar-refractivity contribution < 1.29 is 14.3 Å². The van der Waals surface area contributed by atoms with Crippen LogP contribution in [0.15, 0.2) is 47.5 Å². The molecule has 162 valence electrons. The number of aliphatic imine (C=N–C) groups is 1. The van der Waals surface area contributed by atoms with Crippen molar-refractivity contribution in [2.24, 2.45) is 10.9 Å². The molecule has 2 rings (SSSR count). The van der Waals surface area contributed by atoms with Crippen LogP contribution in [-0.4, -0.2) is 32.6 Å². The zero-order chi connectivity index (χ0) is 21.9. The maximum atomic E-state index is 12.0. The van der Waals surface area contributed by atoms with Gasteiger partial charge < -0.3 is 25.4 Å². The number of benzene rings is 2. The molecule has 0 unspecified atom stereocenters. The fourth-order valence-electron chi connectivity index (χ4n) is 2.87. The van der Waals surface area contributed by atoms with Gasteiger partial charge in [-0.1, -0.05) is 26.0 Å². The average molecular weight is 413 g/mol. The maximum Gasteiger partial charge on any atom is 0.224 e. The third-order valence-electron chi connectivity index (χ3n) is 4.21. The van der Waals surface area contributed by atoms with Crippen molar-refractivity contribution in [3.63, 3.8) is 0 Å². The minimum absolute atomic E-state index is 0.0252. The lowest BCUT2D eigenvalue weighted by molar-refractivity contribution is -0.116. The molecule has 0 aliphatic carbocycles. The van der Waals surface area contributed by atoms with Gasteiger partial charge in [-0.15, -0.1) is 0 Å². The zero-order valence-corrected chi connectivity index (χ0v) is 18.4. The predicted molar refractivity (Wildman–Crippen MR) is 123 cm³/mol. The van der Waals surface area contributed by atoms with Gasteiger partial charge in [-0.3, -0.25) is 9.79 Å². The Bertz CT molecular complexity index is 865. The standard InChI is InChI=1S/C23H32N4O3/c1-6-30-21-14-19(10-11-20(21)29-5)27-23(24-4)25-15-17-8-7-9-18(13-17)26-22(28)12-16(2)3/h7-11,13-14,16H,6,12,15H2,1-5H3,(H,26,28)(H2,24,25,27).